The third-order valence-electron chi connectivity index (χ3n) is 2.38. The van der Waals surface area contributed by atoms with Crippen LogP contribution in [0.25, 0.3) is 9.88 Å². The third-order valence-corrected chi connectivity index (χ3v) is 5.01. The fourth-order valence-corrected chi connectivity index (χ4v) is 3.79. The number of thiazole rings is 1. The summed E-state index contributed by atoms with van der Waals surface area (Å²) in [5.74, 6) is -1.29. The van der Waals surface area contributed by atoms with Crippen LogP contribution in [0.1, 0.15) is 23.8 Å². The summed E-state index contributed by atoms with van der Waals surface area (Å²) in [5, 5.41) is 13.7. The van der Waals surface area contributed by atoms with Crippen molar-refractivity contribution in [1.82, 2.24) is 10.3 Å². The van der Waals surface area contributed by atoms with Crippen LogP contribution in [0.2, 0.25) is 0 Å². The minimum atomic E-state index is -0.944. The van der Waals surface area contributed by atoms with Crippen LogP contribution in [0.3, 0.4) is 0 Å². The van der Waals surface area contributed by atoms with Gasteiger partial charge in [0.05, 0.1) is 15.1 Å². The largest absolute Gasteiger partial charge is 0.481 e. The number of carbonyl (C=O) groups is 2. The van der Waals surface area contributed by atoms with Crippen LogP contribution >= 0.6 is 38.6 Å². The molecule has 8 heteroatoms. The number of rotatable bonds is 5. The quantitative estimate of drug-likeness (QED) is 0.841. The van der Waals surface area contributed by atoms with Gasteiger partial charge in [-0.05, 0) is 35.0 Å². The molecule has 106 valence electrons. The van der Waals surface area contributed by atoms with Crippen molar-refractivity contribution in [3.63, 3.8) is 0 Å². The van der Waals surface area contributed by atoms with E-state index < -0.39 is 12.0 Å². The topological polar surface area (TPSA) is 79.3 Å². The summed E-state index contributed by atoms with van der Waals surface area (Å²) in [4.78, 5) is 27.7. The Morgan fingerprint density at radius 2 is 2.25 bits per heavy atom. The lowest BCUT2D eigenvalue weighted by atomic mass is 10.2. The molecule has 1 unspecified atom stereocenters. The number of hydrogen-bond donors (Lipinski definition) is 2. The average Bonchev–Trinajstić information content (AvgIpc) is 2.95. The number of carboxylic acid groups (broad SMARTS) is 1. The number of aromatic nitrogens is 1. The first kappa shape index (κ1) is 15.1. The molecule has 0 aromatic carbocycles. The lowest BCUT2D eigenvalue weighted by molar-refractivity contribution is -0.137. The molecule has 2 aromatic rings. The Hall–Kier alpha value is -1.25. The Balaban J connectivity index is 2.05. The lowest BCUT2D eigenvalue weighted by Crippen LogP contribution is -2.34. The summed E-state index contributed by atoms with van der Waals surface area (Å²) in [5.41, 5.74) is 0.312. The molecular weight excluding hydrogens is 364 g/mol. The molecule has 0 saturated carbocycles. The molecule has 20 heavy (non-hydrogen) atoms. The normalized spacial score (nSPS) is 12.1. The maximum absolute atomic E-state index is 11.9. The first-order valence-corrected chi connectivity index (χ1v) is 8.18. The van der Waals surface area contributed by atoms with E-state index in [0.29, 0.717) is 5.69 Å². The monoisotopic (exact) mass is 374 g/mol. The SMILES string of the molecule is CC(CC(=O)O)NC(=O)c1csc(-c2ccc(Br)s2)n1. The Labute approximate surface area is 131 Å². The molecular formula is C12H11BrN2O3S2. The number of carboxylic acids is 1. The van der Waals surface area contributed by atoms with Gasteiger partial charge < -0.3 is 10.4 Å². The van der Waals surface area contributed by atoms with Crippen molar-refractivity contribution in [3.05, 3.63) is 27.0 Å². The van der Waals surface area contributed by atoms with Crippen LogP contribution in [-0.4, -0.2) is 28.0 Å². The van der Waals surface area contributed by atoms with E-state index >= 15 is 0 Å². The first-order valence-electron chi connectivity index (χ1n) is 5.69. The Morgan fingerprint density at radius 1 is 1.50 bits per heavy atom. The van der Waals surface area contributed by atoms with E-state index in [2.05, 4.69) is 26.2 Å². The van der Waals surface area contributed by atoms with Gasteiger partial charge in [0.25, 0.3) is 5.91 Å². The number of amides is 1. The second-order valence-electron chi connectivity index (χ2n) is 4.11. The predicted octanol–water partition coefficient (Wildman–Crippen LogP) is 3.23. The summed E-state index contributed by atoms with van der Waals surface area (Å²) < 4.78 is 1.00. The third kappa shape index (κ3) is 3.87. The van der Waals surface area contributed by atoms with Gasteiger partial charge in [-0.1, -0.05) is 0 Å². The maximum atomic E-state index is 11.9. The number of nitrogens with one attached hydrogen (secondary N) is 1. The Kier molecular flexibility index (Phi) is 4.90. The van der Waals surface area contributed by atoms with E-state index in [4.69, 9.17) is 5.11 Å². The Morgan fingerprint density at radius 3 is 2.85 bits per heavy atom. The number of carbonyl (C=O) groups excluding carboxylic acids is 1. The second-order valence-corrected chi connectivity index (χ2v) is 7.44. The molecule has 0 saturated heterocycles. The molecule has 5 nitrogen and oxygen atoms in total. The van der Waals surface area contributed by atoms with Gasteiger partial charge in [0.1, 0.15) is 10.7 Å². The molecule has 0 spiro atoms. The first-order chi connectivity index (χ1) is 9.45. The van der Waals surface area contributed by atoms with E-state index in [-0.39, 0.29) is 12.3 Å². The van der Waals surface area contributed by atoms with Gasteiger partial charge in [0.15, 0.2) is 0 Å². The van der Waals surface area contributed by atoms with Crippen LogP contribution in [0.4, 0.5) is 0 Å². The van der Waals surface area contributed by atoms with Gasteiger partial charge in [-0.3, -0.25) is 9.59 Å². The van der Waals surface area contributed by atoms with Gasteiger partial charge in [-0.25, -0.2) is 4.98 Å². The number of thiophene rings is 1. The summed E-state index contributed by atoms with van der Waals surface area (Å²) >= 11 is 6.31. The van der Waals surface area contributed by atoms with Crippen molar-refractivity contribution in [1.29, 1.82) is 0 Å². The van der Waals surface area contributed by atoms with Crippen molar-refractivity contribution < 1.29 is 14.7 Å². The van der Waals surface area contributed by atoms with Crippen molar-refractivity contribution in [2.24, 2.45) is 0 Å². The molecule has 2 rings (SSSR count). The molecule has 2 heterocycles. The van der Waals surface area contributed by atoms with Gasteiger partial charge in [-0.2, -0.15) is 0 Å². The van der Waals surface area contributed by atoms with E-state index in [1.54, 1.807) is 23.6 Å². The second kappa shape index (κ2) is 6.47. The number of halogens is 1. The van der Waals surface area contributed by atoms with Crippen LogP contribution in [0.15, 0.2) is 21.3 Å². The van der Waals surface area contributed by atoms with E-state index in [1.165, 1.54) is 11.3 Å². The summed E-state index contributed by atoms with van der Waals surface area (Å²) in [6.07, 6.45) is -0.111. The molecule has 0 aliphatic carbocycles. The van der Waals surface area contributed by atoms with Gasteiger partial charge in [-0.15, -0.1) is 22.7 Å². The van der Waals surface area contributed by atoms with Crippen LogP contribution in [0, 0.1) is 0 Å². The maximum Gasteiger partial charge on any atom is 0.305 e. The van der Waals surface area contributed by atoms with Crippen molar-refractivity contribution in [3.8, 4) is 9.88 Å². The fourth-order valence-electron chi connectivity index (χ4n) is 1.53. The highest BCUT2D eigenvalue weighted by Gasteiger charge is 2.16. The fraction of sp³-hybridized carbons (Fsp3) is 0.250. The summed E-state index contributed by atoms with van der Waals surface area (Å²) in [7, 11) is 0. The van der Waals surface area contributed by atoms with Crippen LogP contribution in [0.5, 0.6) is 0 Å². The van der Waals surface area contributed by atoms with E-state index in [1.807, 2.05) is 12.1 Å². The number of nitrogens with zero attached hydrogens (tertiary/aromatic N) is 1. The molecule has 0 aliphatic heterocycles. The predicted molar refractivity (Wildman–Crippen MR) is 82.3 cm³/mol. The zero-order valence-electron chi connectivity index (χ0n) is 10.4. The summed E-state index contributed by atoms with van der Waals surface area (Å²) in [6, 6.07) is 3.43. The van der Waals surface area contributed by atoms with Gasteiger partial charge in [0.2, 0.25) is 0 Å². The molecule has 0 radical (unpaired) electrons. The van der Waals surface area contributed by atoms with Crippen LogP contribution in [-0.2, 0) is 4.79 Å². The molecule has 2 aromatic heterocycles. The molecule has 1 atom stereocenters. The van der Waals surface area contributed by atoms with Crippen molar-refractivity contribution in [2.45, 2.75) is 19.4 Å². The van der Waals surface area contributed by atoms with E-state index in [0.717, 1.165) is 13.7 Å². The highest BCUT2D eigenvalue weighted by molar-refractivity contribution is 9.11. The minimum absolute atomic E-state index is 0.111. The van der Waals surface area contributed by atoms with Gasteiger partial charge >= 0.3 is 5.97 Å². The van der Waals surface area contributed by atoms with Gasteiger partial charge in [0, 0.05) is 11.4 Å². The molecule has 0 fully saturated rings. The zero-order valence-corrected chi connectivity index (χ0v) is 13.6. The summed E-state index contributed by atoms with van der Waals surface area (Å²) in [6.45, 7) is 1.65. The molecule has 0 aliphatic rings. The minimum Gasteiger partial charge on any atom is -0.481 e. The number of aliphatic carboxylic acids is 1. The highest BCUT2D eigenvalue weighted by Crippen LogP contribution is 2.33. The standard InChI is InChI=1S/C12H11BrN2O3S2/c1-6(4-10(16)17)14-11(18)7-5-19-12(15-7)8-2-3-9(13)20-8/h2-3,5-6H,4H2,1H3,(H,14,18)(H,16,17). The van der Waals surface area contributed by atoms with Crippen molar-refractivity contribution >= 4 is 50.5 Å². The smallest absolute Gasteiger partial charge is 0.305 e. The molecule has 1 amide bonds. The zero-order chi connectivity index (χ0) is 14.7. The molecule has 2 N–H and O–H groups in total. The van der Waals surface area contributed by atoms with Crippen molar-refractivity contribution in [2.75, 3.05) is 0 Å². The average molecular weight is 375 g/mol. The lowest BCUT2D eigenvalue weighted by Gasteiger charge is -2.09. The number of hydrogen-bond acceptors (Lipinski definition) is 5. The van der Waals surface area contributed by atoms with E-state index in [9.17, 15) is 9.59 Å². The molecule has 0 bridgehead atoms. The Bertz CT molecular complexity index is 638. The van der Waals surface area contributed by atoms with Crippen LogP contribution < -0.4 is 5.32 Å². The highest BCUT2D eigenvalue weighted by atomic mass is 79.9.